The molecule has 0 atom stereocenters. The number of nitrogens with zero attached hydrogens (tertiary/aromatic N) is 2. The molecule has 0 saturated carbocycles. The van der Waals surface area contributed by atoms with Crippen LogP contribution in [0.4, 0.5) is 4.39 Å². The van der Waals surface area contributed by atoms with Crippen molar-refractivity contribution in [3.05, 3.63) is 107 Å². The van der Waals surface area contributed by atoms with E-state index in [-0.39, 0.29) is 12.4 Å². The average Bonchev–Trinajstić information content (AvgIpc) is 2.67. The predicted molar refractivity (Wildman–Crippen MR) is 104 cm³/mol. The lowest BCUT2D eigenvalue weighted by molar-refractivity contribution is 0.611. The summed E-state index contributed by atoms with van der Waals surface area (Å²) >= 11 is 0. The zero-order chi connectivity index (χ0) is 18.4. The minimum atomic E-state index is -0.263. The van der Waals surface area contributed by atoms with Gasteiger partial charge in [0, 0.05) is 11.8 Å². The molecule has 0 aliphatic rings. The molecule has 1 aromatic heterocycles. The summed E-state index contributed by atoms with van der Waals surface area (Å²) < 4.78 is 13.9. The standard InChI is InChI=1S/C22H20FN3/c1-16-9-11-17(12-10-16)22(14-20(24)21-8-4-5-13-25-21)26-15-18-6-2-3-7-19(18)23/h2-14H,15,24H2,1H3. The minimum absolute atomic E-state index is 0.238. The fourth-order valence-electron chi connectivity index (χ4n) is 2.50. The largest absolute Gasteiger partial charge is 0.397 e. The second-order valence-corrected chi connectivity index (χ2v) is 5.97. The summed E-state index contributed by atoms with van der Waals surface area (Å²) in [6.07, 6.45) is 3.48. The van der Waals surface area contributed by atoms with Crippen LogP contribution in [-0.4, -0.2) is 10.7 Å². The van der Waals surface area contributed by atoms with Crippen LogP contribution in [-0.2, 0) is 6.54 Å². The first kappa shape index (κ1) is 17.5. The highest BCUT2D eigenvalue weighted by molar-refractivity contribution is 6.11. The van der Waals surface area contributed by atoms with Gasteiger partial charge >= 0.3 is 0 Å². The molecule has 0 fully saturated rings. The van der Waals surface area contributed by atoms with E-state index in [1.165, 1.54) is 6.07 Å². The third kappa shape index (κ3) is 4.42. The van der Waals surface area contributed by atoms with Crippen LogP contribution in [0.2, 0.25) is 0 Å². The summed E-state index contributed by atoms with van der Waals surface area (Å²) in [5, 5.41) is 0. The number of benzene rings is 2. The van der Waals surface area contributed by atoms with E-state index < -0.39 is 0 Å². The van der Waals surface area contributed by atoms with Crippen molar-refractivity contribution in [3.8, 4) is 0 Å². The Hall–Kier alpha value is -3.27. The molecule has 4 heteroatoms. The van der Waals surface area contributed by atoms with Crippen molar-refractivity contribution >= 4 is 11.4 Å². The molecule has 2 aromatic carbocycles. The lowest BCUT2D eigenvalue weighted by atomic mass is 10.1. The van der Waals surface area contributed by atoms with Gasteiger partial charge in [-0.15, -0.1) is 0 Å². The van der Waals surface area contributed by atoms with Crippen molar-refractivity contribution in [1.82, 2.24) is 4.98 Å². The molecule has 1 heterocycles. The van der Waals surface area contributed by atoms with Gasteiger partial charge in [0.1, 0.15) is 5.82 Å². The van der Waals surface area contributed by atoms with Gasteiger partial charge in [-0.2, -0.15) is 0 Å². The molecule has 0 radical (unpaired) electrons. The van der Waals surface area contributed by atoms with Crippen LogP contribution in [0.1, 0.15) is 22.4 Å². The van der Waals surface area contributed by atoms with Gasteiger partial charge in [-0.25, -0.2) is 4.39 Å². The molecule has 3 aromatic rings. The molecule has 0 unspecified atom stereocenters. The molecular weight excluding hydrogens is 325 g/mol. The number of aliphatic imine (C=N–C) groups is 1. The van der Waals surface area contributed by atoms with Crippen molar-refractivity contribution in [2.24, 2.45) is 10.7 Å². The van der Waals surface area contributed by atoms with Crippen LogP contribution < -0.4 is 5.73 Å². The van der Waals surface area contributed by atoms with Crippen molar-refractivity contribution in [3.63, 3.8) is 0 Å². The number of hydrogen-bond donors (Lipinski definition) is 1. The van der Waals surface area contributed by atoms with E-state index >= 15 is 0 Å². The molecular formula is C22H20FN3. The topological polar surface area (TPSA) is 51.3 Å². The molecule has 26 heavy (non-hydrogen) atoms. The van der Waals surface area contributed by atoms with E-state index in [4.69, 9.17) is 5.73 Å². The Morgan fingerprint density at radius 1 is 1.04 bits per heavy atom. The van der Waals surface area contributed by atoms with E-state index in [1.54, 1.807) is 30.5 Å². The van der Waals surface area contributed by atoms with Gasteiger partial charge in [0.15, 0.2) is 0 Å². The Morgan fingerprint density at radius 2 is 1.77 bits per heavy atom. The first-order valence-electron chi connectivity index (χ1n) is 8.37. The van der Waals surface area contributed by atoms with E-state index in [0.29, 0.717) is 22.7 Å². The Kier molecular flexibility index (Phi) is 5.54. The molecule has 3 nitrogen and oxygen atoms in total. The summed E-state index contributed by atoms with van der Waals surface area (Å²) in [5.41, 5.74) is 10.7. The summed E-state index contributed by atoms with van der Waals surface area (Å²) in [7, 11) is 0. The number of aromatic nitrogens is 1. The Morgan fingerprint density at radius 3 is 2.46 bits per heavy atom. The minimum Gasteiger partial charge on any atom is -0.397 e. The first-order chi connectivity index (χ1) is 12.6. The van der Waals surface area contributed by atoms with Crippen molar-refractivity contribution < 1.29 is 4.39 Å². The number of allylic oxidation sites excluding steroid dienone is 1. The summed E-state index contributed by atoms with van der Waals surface area (Å²) in [5.74, 6) is -0.263. The lowest BCUT2D eigenvalue weighted by Crippen LogP contribution is -2.05. The van der Waals surface area contributed by atoms with Gasteiger partial charge in [0.05, 0.1) is 23.6 Å². The molecule has 3 rings (SSSR count). The van der Waals surface area contributed by atoms with Gasteiger partial charge < -0.3 is 5.73 Å². The molecule has 0 amide bonds. The second kappa shape index (κ2) is 8.21. The van der Waals surface area contributed by atoms with Gasteiger partial charge in [-0.05, 0) is 36.8 Å². The van der Waals surface area contributed by atoms with Gasteiger partial charge in [-0.3, -0.25) is 9.98 Å². The van der Waals surface area contributed by atoms with Gasteiger partial charge in [-0.1, -0.05) is 54.1 Å². The molecule has 0 aliphatic carbocycles. The number of nitrogens with two attached hydrogens (primary N) is 1. The van der Waals surface area contributed by atoms with E-state index in [9.17, 15) is 4.39 Å². The molecule has 0 spiro atoms. The smallest absolute Gasteiger partial charge is 0.128 e. The Balaban J connectivity index is 1.98. The average molecular weight is 345 g/mol. The normalized spacial score (nSPS) is 12.2. The van der Waals surface area contributed by atoms with Crippen LogP contribution in [0.15, 0.2) is 84.0 Å². The van der Waals surface area contributed by atoms with E-state index in [1.807, 2.05) is 49.4 Å². The summed E-state index contributed by atoms with van der Waals surface area (Å²) in [6.45, 7) is 2.26. The Bertz CT molecular complexity index is 929. The number of aryl methyl sites for hydroxylation is 1. The van der Waals surface area contributed by atoms with Crippen LogP contribution in [0.5, 0.6) is 0 Å². The molecule has 0 bridgehead atoms. The second-order valence-electron chi connectivity index (χ2n) is 5.97. The monoisotopic (exact) mass is 345 g/mol. The highest BCUT2D eigenvalue weighted by Gasteiger charge is 2.06. The number of rotatable bonds is 5. The number of pyridine rings is 1. The first-order valence-corrected chi connectivity index (χ1v) is 8.37. The van der Waals surface area contributed by atoms with E-state index in [0.717, 1.165) is 11.1 Å². The zero-order valence-corrected chi connectivity index (χ0v) is 14.6. The van der Waals surface area contributed by atoms with E-state index in [2.05, 4.69) is 9.98 Å². The number of halogens is 1. The van der Waals surface area contributed by atoms with Crippen molar-refractivity contribution in [2.45, 2.75) is 13.5 Å². The molecule has 130 valence electrons. The lowest BCUT2D eigenvalue weighted by Gasteiger charge is -2.07. The number of hydrogen-bond acceptors (Lipinski definition) is 3. The van der Waals surface area contributed by atoms with Crippen LogP contribution in [0.3, 0.4) is 0 Å². The highest BCUT2D eigenvalue weighted by atomic mass is 19.1. The highest BCUT2D eigenvalue weighted by Crippen LogP contribution is 2.13. The molecule has 0 aliphatic heterocycles. The maximum atomic E-state index is 13.9. The third-order valence-corrected chi connectivity index (χ3v) is 3.98. The molecule has 2 N–H and O–H groups in total. The predicted octanol–water partition coefficient (Wildman–Crippen LogP) is 4.52. The summed E-state index contributed by atoms with van der Waals surface area (Å²) in [6, 6.07) is 20.2. The van der Waals surface area contributed by atoms with Crippen molar-refractivity contribution in [2.75, 3.05) is 0 Å². The SMILES string of the molecule is Cc1ccc(C(C=C(N)c2ccccn2)=NCc2ccccc2F)cc1. The van der Waals surface area contributed by atoms with Crippen molar-refractivity contribution in [1.29, 1.82) is 0 Å². The molecule has 0 saturated heterocycles. The Labute approximate surface area is 152 Å². The third-order valence-electron chi connectivity index (χ3n) is 3.98. The van der Waals surface area contributed by atoms with Gasteiger partial charge in [0.2, 0.25) is 0 Å². The quantitative estimate of drug-likeness (QED) is 0.691. The van der Waals surface area contributed by atoms with Crippen LogP contribution in [0, 0.1) is 12.7 Å². The summed E-state index contributed by atoms with van der Waals surface area (Å²) in [4.78, 5) is 8.88. The maximum Gasteiger partial charge on any atom is 0.128 e. The maximum absolute atomic E-state index is 13.9. The van der Waals surface area contributed by atoms with Crippen LogP contribution >= 0.6 is 0 Å². The fourth-order valence-corrected chi connectivity index (χ4v) is 2.50. The zero-order valence-electron chi connectivity index (χ0n) is 14.6. The van der Waals surface area contributed by atoms with Crippen LogP contribution in [0.25, 0.3) is 5.70 Å². The van der Waals surface area contributed by atoms with Gasteiger partial charge in [0.25, 0.3) is 0 Å². The fraction of sp³-hybridized carbons (Fsp3) is 0.0909.